The molecule has 0 aromatic heterocycles. The molecule has 0 saturated heterocycles. The average molecular weight is 383 g/mol. The lowest BCUT2D eigenvalue weighted by atomic mass is 10.1. The summed E-state index contributed by atoms with van der Waals surface area (Å²) in [5, 5.41) is 0. The van der Waals surface area contributed by atoms with Crippen LogP contribution < -0.4 is 0 Å². The number of hydrogen-bond donors (Lipinski definition) is 0. The maximum absolute atomic E-state index is 11.1. The largest absolute Gasteiger partial charge is 0.466 e. The second-order valence-corrected chi connectivity index (χ2v) is 6.74. The highest BCUT2D eigenvalue weighted by atomic mass is 16.5. The molecule has 0 saturated carbocycles. The van der Waals surface area contributed by atoms with Gasteiger partial charge in [-0.25, -0.2) is 9.59 Å². The zero-order chi connectivity index (χ0) is 20.9. The molecule has 0 rings (SSSR count). The number of hydrogen-bond acceptors (Lipinski definition) is 4. The molecule has 0 radical (unpaired) electrons. The van der Waals surface area contributed by atoms with Gasteiger partial charge in [0.05, 0.1) is 13.7 Å². The standard InChI is InChI=1S/C12H22O2.C11H20O2/c1-4-5-6-7-8-9-10-11(2)12(13)14-3;1-4-6-7-8-9-13-11(12)10(3)5-2/h10H,4-9H2,1-3H3;3-9H2,1-2H3. The van der Waals surface area contributed by atoms with Gasteiger partial charge in [-0.2, -0.15) is 0 Å². The van der Waals surface area contributed by atoms with Gasteiger partial charge in [0.1, 0.15) is 0 Å². The summed E-state index contributed by atoms with van der Waals surface area (Å²) in [6.07, 6.45) is 14.5. The van der Waals surface area contributed by atoms with Gasteiger partial charge in [0.15, 0.2) is 0 Å². The van der Waals surface area contributed by atoms with Crippen LogP contribution in [-0.4, -0.2) is 25.7 Å². The third-order valence-corrected chi connectivity index (χ3v) is 4.21. The first-order valence-electron chi connectivity index (χ1n) is 10.5. The van der Waals surface area contributed by atoms with Gasteiger partial charge >= 0.3 is 11.9 Å². The quantitative estimate of drug-likeness (QED) is 0.194. The molecule has 0 aliphatic heterocycles. The molecule has 0 aliphatic rings. The minimum atomic E-state index is -0.237. The molecule has 0 aliphatic carbocycles. The second kappa shape index (κ2) is 20.7. The number of carbonyl (C=O) groups excluding carboxylic acids is 2. The van der Waals surface area contributed by atoms with Crippen LogP contribution in [0.3, 0.4) is 0 Å². The summed E-state index contributed by atoms with van der Waals surface area (Å²) in [7, 11) is 1.42. The lowest BCUT2D eigenvalue weighted by Gasteiger charge is -2.04. The van der Waals surface area contributed by atoms with E-state index >= 15 is 0 Å². The van der Waals surface area contributed by atoms with Crippen LogP contribution in [0.4, 0.5) is 0 Å². The van der Waals surface area contributed by atoms with Crippen molar-refractivity contribution >= 4 is 11.9 Å². The van der Waals surface area contributed by atoms with E-state index in [0.717, 1.165) is 24.8 Å². The number of carbonyl (C=O) groups is 2. The average Bonchev–Trinajstić information content (AvgIpc) is 2.69. The molecule has 0 aromatic rings. The summed E-state index contributed by atoms with van der Waals surface area (Å²) < 4.78 is 9.60. The van der Waals surface area contributed by atoms with E-state index in [9.17, 15) is 9.59 Å². The molecule has 27 heavy (non-hydrogen) atoms. The van der Waals surface area contributed by atoms with Gasteiger partial charge in [0, 0.05) is 11.1 Å². The van der Waals surface area contributed by atoms with Crippen LogP contribution in [-0.2, 0) is 19.1 Å². The Morgan fingerprint density at radius 1 is 0.852 bits per heavy atom. The summed E-state index contributed by atoms with van der Waals surface area (Å²) >= 11 is 0. The molecule has 0 N–H and O–H groups in total. The lowest BCUT2D eigenvalue weighted by molar-refractivity contribution is -0.139. The lowest BCUT2D eigenvalue weighted by Crippen LogP contribution is -2.07. The van der Waals surface area contributed by atoms with Gasteiger partial charge < -0.3 is 9.47 Å². The third kappa shape index (κ3) is 19.0. The maximum atomic E-state index is 11.1. The van der Waals surface area contributed by atoms with Crippen LogP contribution in [0.5, 0.6) is 0 Å². The Morgan fingerprint density at radius 3 is 1.93 bits per heavy atom. The normalized spacial score (nSPS) is 10.6. The van der Waals surface area contributed by atoms with E-state index in [1.54, 1.807) is 6.92 Å². The topological polar surface area (TPSA) is 52.6 Å². The second-order valence-electron chi connectivity index (χ2n) is 6.74. The van der Waals surface area contributed by atoms with E-state index in [1.165, 1.54) is 52.1 Å². The van der Waals surface area contributed by atoms with Crippen molar-refractivity contribution < 1.29 is 19.1 Å². The molecule has 0 amide bonds. The zero-order valence-corrected chi connectivity index (χ0v) is 18.4. The number of ether oxygens (including phenoxy) is 2. The molecule has 0 aromatic carbocycles. The summed E-state index contributed by atoms with van der Waals surface area (Å²) in [5.41, 5.74) is 1.29. The summed E-state index contributed by atoms with van der Waals surface area (Å²) in [4.78, 5) is 22.1. The van der Waals surface area contributed by atoms with Crippen molar-refractivity contribution in [2.75, 3.05) is 13.7 Å². The van der Waals surface area contributed by atoms with Crippen LogP contribution in [0.1, 0.15) is 98.3 Å². The molecule has 0 bridgehead atoms. The minimum absolute atomic E-state index is 0.210. The first-order chi connectivity index (χ1) is 12.9. The smallest absolute Gasteiger partial charge is 0.333 e. The maximum Gasteiger partial charge on any atom is 0.333 e. The molecule has 0 heterocycles. The van der Waals surface area contributed by atoms with Crippen molar-refractivity contribution in [1.82, 2.24) is 0 Å². The van der Waals surface area contributed by atoms with Crippen LogP contribution in [0.2, 0.25) is 0 Å². The number of allylic oxidation sites excluding steroid dienone is 1. The van der Waals surface area contributed by atoms with Crippen LogP contribution in [0, 0.1) is 0 Å². The molecule has 0 fully saturated rings. The van der Waals surface area contributed by atoms with E-state index in [1.807, 2.05) is 13.0 Å². The van der Waals surface area contributed by atoms with Crippen molar-refractivity contribution in [2.24, 2.45) is 0 Å². The Balaban J connectivity index is 0. The minimum Gasteiger partial charge on any atom is -0.466 e. The fraction of sp³-hybridized carbons (Fsp3) is 0.739. The van der Waals surface area contributed by atoms with Crippen LogP contribution in [0.15, 0.2) is 23.8 Å². The number of esters is 2. The Kier molecular flexibility index (Phi) is 21.2. The predicted molar refractivity (Wildman–Crippen MR) is 114 cm³/mol. The van der Waals surface area contributed by atoms with Crippen molar-refractivity contribution in [1.29, 1.82) is 0 Å². The number of methoxy groups -OCH3 is 1. The molecule has 0 unspecified atom stereocenters. The molecule has 4 heteroatoms. The van der Waals surface area contributed by atoms with E-state index in [4.69, 9.17) is 4.74 Å². The van der Waals surface area contributed by atoms with Gasteiger partial charge in [-0.15, -0.1) is 0 Å². The SMILES string of the molecule is C=C(CC)C(=O)OCCCCCC.CCCCCCCC=C(C)C(=O)OC. The van der Waals surface area contributed by atoms with E-state index in [-0.39, 0.29) is 11.9 Å². The number of unbranched alkanes of at least 4 members (excludes halogenated alkanes) is 8. The van der Waals surface area contributed by atoms with Crippen molar-refractivity contribution in [3.8, 4) is 0 Å². The van der Waals surface area contributed by atoms with Gasteiger partial charge in [0.25, 0.3) is 0 Å². The summed E-state index contributed by atoms with van der Waals surface area (Å²) in [6.45, 7) is 12.2. The molecular formula is C23H42O4. The molecule has 4 nitrogen and oxygen atoms in total. The molecule has 158 valence electrons. The van der Waals surface area contributed by atoms with Crippen LogP contribution in [0.25, 0.3) is 0 Å². The van der Waals surface area contributed by atoms with Crippen LogP contribution >= 0.6 is 0 Å². The fourth-order valence-corrected chi connectivity index (χ4v) is 2.25. The van der Waals surface area contributed by atoms with Gasteiger partial charge in [-0.3, -0.25) is 0 Å². The monoisotopic (exact) mass is 382 g/mol. The van der Waals surface area contributed by atoms with E-state index in [2.05, 4.69) is 25.2 Å². The van der Waals surface area contributed by atoms with E-state index in [0.29, 0.717) is 18.6 Å². The number of rotatable bonds is 14. The van der Waals surface area contributed by atoms with Gasteiger partial charge in [-0.1, -0.05) is 78.4 Å². The predicted octanol–water partition coefficient (Wildman–Crippen LogP) is 6.54. The highest BCUT2D eigenvalue weighted by Crippen LogP contribution is 2.07. The highest BCUT2D eigenvalue weighted by Gasteiger charge is 2.04. The zero-order valence-electron chi connectivity index (χ0n) is 18.4. The first kappa shape index (κ1) is 27.6. The Hall–Kier alpha value is -1.58. The third-order valence-electron chi connectivity index (χ3n) is 4.21. The summed E-state index contributed by atoms with van der Waals surface area (Å²) in [6, 6.07) is 0. The highest BCUT2D eigenvalue weighted by molar-refractivity contribution is 5.87. The Bertz CT molecular complexity index is 424. The van der Waals surface area contributed by atoms with Crippen molar-refractivity contribution in [3.63, 3.8) is 0 Å². The van der Waals surface area contributed by atoms with Gasteiger partial charge in [0.2, 0.25) is 0 Å². The van der Waals surface area contributed by atoms with Crippen molar-refractivity contribution in [3.05, 3.63) is 23.8 Å². The van der Waals surface area contributed by atoms with Crippen molar-refractivity contribution in [2.45, 2.75) is 98.3 Å². The Labute approximate surface area is 167 Å². The summed E-state index contributed by atoms with van der Waals surface area (Å²) in [5.74, 6) is -0.447. The van der Waals surface area contributed by atoms with Gasteiger partial charge in [-0.05, 0) is 32.6 Å². The first-order valence-corrected chi connectivity index (χ1v) is 10.5. The molecular weight excluding hydrogens is 340 g/mol. The molecule has 0 atom stereocenters. The van der Waals surface area contributed by atoms with E-state index < -0.39 is 0 Å². The Morgan fingerprint density at radius 2 is 1.41 bits per heavy atom. The fourth-order valence-electron chi connectivity index (χ4n) is 2.25. The molecule has 0 spiro atoms.